The highest BCUT2D eigenvalue weighted by molar-refractivity contribution is 6.21. The van der Waals surface area contributed by atoms with Crippen molar-refractivity contribution in [2.24, 2.45) is 0 Å². The second kappa shape index (κ2) is 13.1. The van der Waals surface area contributed by atoms with Crippen LogP contribution in [-0.4, -0.2) is 52.5 Å². The fourth-order valence-corrected chi connectivity index (χ4v) is 6.78. The van der Waals surface area contributed by atoms with Gasteiger partial charge in [-0.15, -0.1) is 0 Å². The van der Waals surface area contributed by atoms with Crippen molar-refractivity contribution < 1.29 is 24.2 Å². The summed E-state index contributed by atoms with van der Waals surface area (Å²) in [5.41, 5.74) is 6.68. The number of nitrogens with zero attached hydrogens (tertiary/aromatic N) is 2. The normalized spacial score (nSPS) is 22.1. The zero-order valence-electron chi connectivity index (χ0n) is 25.3. The van der Waals surface area contributed by atoms with Crippen LogP contribution in [0.1, 0.15) is 81.0 Å². The Labute approximate surface area is 264 Å². The van der Waals surface area contributed by atoms with E-state index in [2.05, 4.69) is 17.0 Å². The summed E-state index contributed by atoms with van der Waals surface area (Å²) in [6, 6.07) is 31.1. The lowest BCUT2D eigenvalue weighted by Gasteiger charge is -2.39. The number of amides is 2. The number of likely N-dealkylation sites (tertiary alicyclic amines) is 1. The molecule has 3 atom stereocenters. The lowest BCUT2D eigenvalue weighted by molar-refractivity contribution is -0.253. The predicted molar refractivity (Wildman–Crippen MR) is 171 cm³/mol. The summed E-state index contributed by atoms with van der Waals surface area (Å²) < 4.78 is 13.2. The lowest BCUT2D eigenvalue weighted by atomic mass is 9.97. The first-order chi connectivity index (χ1) is 22.1. The fourth-order valence-electron chi connectivity index (χ4n) is 6.78. The van der Waals surface area contributed by atoms with E-state index in [0.717, 1.165) is 59.4 Å². The van der Waals surface area contributed by atoms with Crippen molar-refractivity contribution in [1.82, 2.24) is 9.80 Å². The molecule has 3 aliphatic heterocycles. The number of hydrogen-bond acceptors (Lipinski definition) is 6. The predicted octanol–water partition coefficient (Wildman–Crippen LogP) is 6.67. The van der Waals surface area contributed by atoms with E-state index in [1.807, 2.05) is 60.7 Å². The second-order valence-corrected chi connectivity index (χ2v) is 12.2. The summed E-state index contributed by atoms with van der Waals surface area (Å²) in [5, 5.41) is 9.52. The van der Waals surface area contributed by atoms with E-state index < -0.39 is 6.29 Å². The fraction of sp³-hybridized carbons (Fsp3) is 0.316. The van der Waals surface area contributed by atoms with E-state index in [4.69, 9.17) is 9.47 Å². The van der Waals surface area contributed by atoms with E-state index in [1.165, 1.54) is 24.2 Å². The first-order valence-electron chi connectivity index (χ1n) is 15.9. The van der Waals surface area contributed by atoms with Gasteiger partial charge in [-0.3, -0.25) is 14.5 Å². The zero-order chi connectivity index (χ0) is 30.8. The smallest absolute Gasteiger partial charge is 0.261 e. The van der Waals surface area contributed by atoms with Gasteiger partial charge in [-0.2, -0.15) is 0 Å². The van der Waals surface area contributed by atoms with Crippen molar-refractivity contribution in [3.63, 3.8) is 0 Å². The summed E-state index contributed by atoms with van der Waals surface area (Å²) >= 11 is 0. The molecular formula is C38H38N2O5. The molecule has 0 spiro atoms. The molecule has 7 heteroatoms. The maximum absolute atomic E-state index is 13.1. The summed E-state index contributed by atoms with van der Waals surface area (Å²) in [6.07, 6.45) is 3.92. The maximum atomic E-state index is 13.1. The largest absolute Gasteiger partial charge is 0.392 e. The second-order valence-electron chi connectivity index (χ2n) is 12.2. The Hall–Kier alpha value is -4.14. The Morgan fingerprint density at radius 1 is 0.689 bits per heavy atom. The first-order valence-corrected chi connectivity index (χ1v) is 15.9. The highest BCUT2D eigenvalue weighted by Gasteiger charge is 2.36. The van der Waals surface area contributed by atoms with Crippen molar-refractivity contribution in [3.8, 4) is 11.1 Å². The van der Waals surface area contributed by atoms with Gasteiger partial charge >= 0.3 is 0 Å². The number of aliphatic hydroxyl groups is 1. The molecule has 3 heterocycles. The number of carbonyl (C=O) groups excluding carboxylic acids is 2. The van der Waals surface area contributed by atoms with Crippen LogP contribution in [0.5, 0.6) is 0 Å². The number of ether oxygens (including phenoxy) is 2. The van der Waals surface area contributed by atoms with Gasteiger partial charge in [0.2, 0.25) is 0 Å². The van der Waals surface area contributed by atoms with Gasteiger partial charge < -0.3 is 19.5 Å². The summed E-state index contributed by atoms with van der Waals surface area (Å²) in [7, 11) is 0. The first kappa shape index (κ1) is 29.6. The van der Waals surface area contributed by atoms with Crippen molar-refractivity contribution >= 4 is 11.8 Å². The van der Waals surface area contributed by atoms with Gasteiger partial charge in [0, 0.05) is 18.5 Å². The number of benzene rings is 4. The molecular weight excluding hydrogens is 564 g/mol. The van der Waals surface area contributed by atoms with E-state index in [9.17, 15) is 14.7 Å². The van der Waals surface area contributed by atoms with Crippen molar-refractivity contribution in [3.05, 3.63) is 130 Å². The Morgan fingerprint density at radius 2 is 1.31 bits per heavy atom. The third-order valence-corrected chi connectivity index (χ3v) is 9.24. The number of carbonyl (C=O) groups is 2. The minimum absolute atomic E-state index is 0.0168. The molecule has 4 aromatic rings. The molecule has 2 amide bonds. The van der Waals surface area contributed by atoms with Gasteiger partial charge in [-0.25, -0.2) is 0 Å². The van der Waals surface area contributed by atoms with Gasteiger partial charge in [0.1, 0.15) is 0 Å². The van der Waals surface area contributed by atoms with Crippen LogP contribution in [0.25, 0.3) is 11.1 Å². The van der Waals surface area contributed by atoms with Gasteiger partial charge in [0.15, 0.2) is 6.29 Å². The van der Waals surface area contributed by atoms with Crippen LogP contribution >= 0.6 is 0 Å². The summed E-state index contributed by atoms with van der Waals surface area (Å²) in [4.78, 5) is 30.0. The average molecular weight is 603 g/mol. The summed E-state index contributed by atoms with van der Waals surface area (Å²) in [5.74, 6) is -0.515. The molecule has 7 nitrogen and oxygen atoms in total. The molecule has 0 radical (unpaired) electrons. The van der Waals surface area contributed by atoms with Gasteiger partial charge in [-0.05, 0) is 65.9 Å². The average Bonchev–Trinajstić information content (AvgIpc) is 3.33. The number of fused-ring (bicyclic) bond motifs is 1. The molecule has 3 aliphatic rings. The highest BCUT2D eigenvalue weighted by Crippen LogP contribution is 2.39. The third kappa shape index (κ3) is 6.22. The minimum atomic E-state index is -0.515. The molecule has 1 N–H and O–H groups in total. The van der Waals surface area contributed by atoms with Gasteiger partial charge in [0.05, 0.1) is 36.5 Å². The number of rotatable bonds is 8. The van der Waals surface area contributed by atoms with Crippen LogP contribution in [0.4, 0.5) is 0 Å². The molecule has 0 aromatic heterocycles. The number of piperidine rings is 1. The Morgan fingerprint density at radius 3 is 1.98 bits per heavy atom. The summed E-state index contributed by atoms with van der Waals surface area (Å²) in [6.45, 7) is 3.32. The van der Waals surface area contributed by atoms with Crippen molar-refractivity contribution in [2.45, 2.75) is 57.3 Å². The lowest BCUT2D eigenvalue weighted by Crippen LogP contribution is -2.41. The van der Waals surface area contributed by atoms with Gasteiger partial charge in [-0.1, -0.05) is 91.3 Å². The van der Waals surface area contributed by atoms with Crippen LogP contribution in [0.2, 0.25) is 0 Å². The molecule has 7 rings (SSSR count). The monoisotopic (exact) mass is 602 g/mol. The van der Waals surface area contributed by atoms with E-state index in [1.54, 1.807) is 24.3 Å². The van der Waals surface area contributed by atoms with E-state index in [-0.39, 0.29) is 37.2 Å². The molecule has 230 valence electrons. The van der Waals surface area contributed by atoms with E-state index in [0.29, 0.717) is 11.1 Å². The van der Waals surface area contributed by atoms with Crippen LogP contribution in [-0.2, 0) is 22.6 Å². The molecule has 2 saturated heterocycles. The number of hydrogen-bond donors (Lipinski definition) is 1. The topological polar surface area (TPSA) is 79.3 Å². The van der Waals surface area contributed by atoms with Crippen LogP contribution < -0.4 is 0 Å². The van der Waals surface area contributed by atoms with Gasteiger partial charge in [0.25, 0.3) is 11.8 Å². The maximum Gasteiger partial charge on any atom is 0.261 e. The Balaban J connectivity index is 1.11. The molecule has 0 aliphatic carbocycles. The highest BCUT2D eigenvalue weighted by atomic mass is 16.7. The molecule has 2 fully saturated rings. The molecule has 45 heavy (non-hydrogen) atoms. The molecule has 3 unspecified atom stereocenters. The third-order valence-electron chi connectivity index (χ3n) is 9.24. The zero-order valence-corrected chi connectivity index (χ0v) is 25.3. The van der Waals surface area contributed by atoms with Crippen molar-refractivity contribution in [2.75, 3.05) is 19.6 Å². The number of aliphatic hydroxyl groups excluding tert-OH is 1. The Kier molecular flexibility index (Phi) is 8.59. The van der Waals surface area contributed by atoms with Crippen LogP contribution in [0.15, 0.2) is 97.1 Å². The van der Waals surface area contributed by atoms with E-state index >= 15 is 0 Å². The molecule has 0 bridgehead atoms. The standard InChI is InChI=1S/C38H38N2O5/c41-25-26-12-14-28(15-13-26)35-22-31(24-39-20-6-1-7-21-39)44-38(45-35)29-18-16-27(17-19-29)32-9-3-2-8-30(32)23-40-36(42)33-10-4-5-11-34(33)37(40)43/h2-5,8-19,31,35,38,41H,1,6-7,20-25H2. The van der Waals surface area contributed by atoms with Crippen molar-refractivity contribution in [1.29, 1.82) is 0 Å². The Bertz CT molecular complexity index is 1630. The quantitative estimate of drug-likeness (QED) is 0.227. The molecule has 0 saturated carbocycles. The molecule has 4 aromatic carbocycles. The number of imide groups is 1. The van der Waals surface area contributed by atoms with Crippen LogP contribution in [0, 0.1) is 0 Å². The minimum Gasteiger partial charge on any atom is -0.392 e. The SMILES string of the molecule is O=C1c2ccccc2C(=O)N1Cc1ccccc1-c1ccc(C2OC(CN3CCCCC3)CC(c3ccc(CO)cc3)O2)cc1. The van der Waals surface area contributed by atoms with Crippen LogP contribution in [0.3, 0.4) is 0 Å².